The summed E-state index contributed by atoms with van der Waals surface area (Å²) in [6.45, 7) is 11.0. The molecule has 0 amide bonds. The average Bonchev–Trinajstić information content (AvgIpc) is 3.23. The number of ether oxygens (including phenoxy) is 1. The number of ketones is 1. The molecule has 1 unspecified atom stereocenters. The van der Waals surface area contributed by atoms with Crippen molar-refractivity contribution in [3.8, 4) is 0 Å². The highest BCUT2D eigenvalue weighted by Crippen LogP contribution is 2.66. The van der Waals surface area contributed by atoms with Gasteiger partial charge in [0.05, 0.1) is 11.7 Å². The van der Waals surface area contributed by atoms with Crippen LogP contribution in [0.25, 0.3) is 0 Å². The number of allylic oxidation sites excluding steroid dienone is 1. The Morgan fingerprint density at radius 1 is 1.10 bits per heavy atom. The van der Waals surface area contributed by atoms with Gasteiger partial charge in [-0.25, -0.2) is 0 Å². The predicted molar refractivity (Wildman–Crippen MR) is 119 cm³/mol. The fourth-order valence-electron chi connectivity index (χ4n) is 9.49. The molecule has 0 bridgehead atoms. The van der Waals surface area contributed by atoms with Crippen molar-refractivity contribution in [1.82, 2.24) is 5.32 Å². The molecular formula is C27H41NO2. The second kappa shape index (κ2) is 6.67. The number of fused-ring (bicyclic) bond motifs is 6. The van der Waals surface area contributed by atoms with Gasteiger partial charge >= 0.3 is 0 Å². The van der Waals surface area contributed by atoms with Gasteiger partial charge in [0.25, 0.3) is 0 Å². The van der Waals surface area contributed by atoms with E-state index in [9.17, 15) is 4.79 Å². The minimum absolute atomic E-state index is 0.0193. The lowest BCUT2D eigenvalue weighted by atomic mass is 9.52. The molecule has 6 rings (SSSR count). The second-order valence-corrected chi connectivity index (χ2v) is 12.4. The molecule has 3 nitrogen and oxygen atoms in total. The van der Waals surface area contributed by atoms with Gasteiger partial charge < -0.3 is 10.1 Å². The SMILES string of the molecule is CC1=C2C[C@H]3[C@@H](CC[C@@H]4CC(=O)CC[C@@]43C)[C@@H]2CC[C@]12O[C@@H]1C[C@H](C)CNC1[C@H]2C. The first-order valence-corrected chi connectivity index (χ1v) is 13.0. The molecule has 0 aromatic heterocycles. The van der Waals surface area contributed by atoms with Crippen molar-refractivity contribution in [2.45, 2.75) is 103 Å². The van der Waals surface area contributed by atoms with Crippen LogP contribution < -0.4 is 5.32 Å². The lowest BCUT2D eigenvalue weighted by molar-refractivity contribution is -0.129. The van der Waals surface area contributed by atoms with Gasteiger partial charge in [-0.1, -0.05) is 26.3 Å². The zero-order valence-corrected chi connectivity index (χ0v) is 19.5. The van der Waals surface area contributed by atoms with E-state index in [4.69, 9.17) is 4.74 Å². The summed E-state index contributed by atoms with van der Waals surface area (Å²) < 4.78 is 7.03. The molecule has 2 heterocycles. The van der Waals surface area contributed by atoms with Crippen LogP contribution in [0.3, 0.4) is 0 Å². The summed E-state index contributed by atoms with van der Waals surface area (Å²) in [6, 6.07) is 0.531. The summed E-state index contributed by atoms with van der Waals surface area (Å²) >= 11 is 0. The molecule has 0 aromatic rings. The Bertz CT molecular complexity index is 788. The highest BCUT2D eigenvalue weighted by molar-refractivity contribution is 5.79. The summed E-state index contributed by atoms with van der Waals surface area (Å²) in [7, 11) is 0. The monoisotopic (exact) mass is 411 g/mol. The molecule has 1 N–H and O–H groups in total. The number of nitrogens with one attached hydrogen (secondary N) is 1. The first kappa shape index (κ1) is 20.0. The fourth-order valence-corrected chi connectivity index (χ4v) is 9.49. The van der Waals surface area contributed by atoms with Gasteiger partial charge in [-0.05, 0) is 99.0 Å². The Balaban J connectivity index is 1.33. The van der Waals surface area contributed by atoms with Gasteiger partial charge in [-0.15, -0.1) is 0 Å². The number of carbonyl (C=O) groups is 1. The van der Waals surface area contributed by atoms with Gasteiger partial charge in [0, 0.05) is 24.8 Å². The Hall–Kier alpha value is -0.670. The van der Waals surface area contributed by atoms with Crippen LogP contribution in [0.15, 0.2) is 11.1 Å². The van der Waals surface area contributed by atoms with E-state index in [1.54, 1.807) is 11.1 Å². The molecule has 1 spiro atoms. The summed E-state index contributed by atoms with van der Waals surface area (Å²) in [5.74, 6) is 4.91. The van der Waals surface area contributed by atoms with Crippen molar-refractivity contribution in [3.05, 3.63) is 11.1 Å². The van der Waals surface area contributed by atoms with Crippen molar-refractivity contribution in [3.63, 3.8) is 0 Å². The number of rotatable bonds is 0. The van der Waals surface area contributed by atoms with Crippen LogP contribution in [0.4, 0.5) is 0 Å². The molecule has 4 aliphatic carbocycles. The first-order valence-electron chi connectivity index (χ1n) is 13.0. The highest BCUT2D eigenvalue weighted by Gasteiger charge is 2.61. The molecule has 2 saturated heterocycles. The Kier molecular flexibility index (Phi) is 4.44. The number of hydrogen-bond acceptors (Lipinski definition) is 3. The maximum Gasteiger partial charge on any atom is 0.133 e. The van der Waals surface area contributed by atoms with Crippen molar-refractivity contribution < 1.29 is 9.53 Å². The molecule has 30 heavy (non-hydrogen) atoms. The number of hydrogen-bond donors (Lipinski definition) is 1. The fraction of sp³-hybridized carbons (Fsp3) is 0.889. The summed E-state index contributed by atoms with van der Waals surface area (Å²) in [6.07, 6.45) is 10.9. The van der Waals surface area contributed by atoms with Gasteiger partial charge in [-0.2, -0.15) is 0 Å². The topological polar surface area (TPSA) is 38.3 Å². The van der Waals surface area contributed by atoms with Gasteiger partial charge in [-0.3, -0.25) is 4.79 Å². The molecule has 3 saturated carbocycles. The van der Waals surface area contributed by atoms with E-state index >= 15 is 0 Å². The van der Waals surface area contributed by atoms with E-state index in [1.165, 1.54) is 38.5 Å². The van der Waals surface area contributed by atoms with Crippen molar-refractivity contribution in [2.75, 3.05) is 6.54 Å². The van der Waals surface area contributed by atoms with E-state index in [-0.39, 0.29) is 5.60 Å². The third-order valence-corrected chi connectivity index (χ3v) is 11.3. The molecule has 6 aliphatic rings. The molecule has 3 heteroatoms. The quantitative estimate of drug-likeness (QED) is 0.551. The molecule has 0 aromatic carbocycles. The predicted octanol–water partition coefficient (Wildman–Crippen LogP) is 5.29. The highest BCUT2D eigenvalue weighted by atomic mass is 16.5. The molecular weight excluding hydrogens is 370 g/mol. The normalized spacial score (nSPS) is 55.3. The zero-order chi connectivity index (χ0) is 20.8. The Morgan fingerprint density at radius 3 is 2.77 bits per heavy atom. The second-order valence-electron chi connectivity index (χ2n) is 12.4. The van der Waals surface area contributed by atoms with Crippen LogP contribution in [-0.4, -0.2) is 30.1 Å². The minimum atomic E-state index is -0.0193. The maximum atomic E-state index is 12.2. The van der Waals surface area contributed by atoms with Crippen molar-refractivity contribution in [1.29, 1.82) is 0 Å². The average molecular weight is 412 g/mol. The zero-order valence-electron chi connectivity index (χ0n) is 19.5. The minimum Gasteiger partial charge on any atom is -0.365 e. The number of Topliss-reactive ketones (excluding diaryl/α,β-unsaturated/α-hetero) is 1. The molecule has 5 fully saturated rings. The number of piperidine rings is 1. The maximum absolute atomic E-state index is 12.2. The van der Waals surface area contributed by atoms with E-state index in [1.807, 2.05) is 0 Å². The van der Waals surface area contributed by atoms with Crippen molar-refractivity contribution in [2.24, 2.45) is 40.9 Å². The molecule has 166 valence electrons. The van der Waals surface area contributed by atoms with Crippen molar-refractivity contribution >= 4 is 5.78 Å². The smallest absolute Gasteiger partial charge is 0.133 e. The lowest BCUT2D eigenvalue weighted by Crippen LogP contribution is -2.49. The van der Waals surface area contributed by atoms with Crippen LogP contribution in [0, 0.1) is 40.9 Å². The third-order valence-electron chi connectivity index (χ3n) is 11.3. The van der Waals surface area contributed by atoms with Crippen LogP contribution in [0.1, 0.15) is 85.5 Å². The van der Waals surface area contributed by atoms with Crippen LogP contribution in [-0.2, 0) is 9.53 Å². The van der Waals surface area contributed by atoms with E-state index in [0.29, 0.717) is 35.2 Å². The van der Waals surface area contributed by atoms with E-state index in [0.717, 1.165) is 49.5 Å². The lowest BCUT2D eigenvalue weighted by Gasteiger charge is -2.52. The number of carbonyl (C=O) groups excluding carboxylic acids is 1. The van der Waals surface area contributed by atoms with Crippen LogP contribution >= 0.6 is 0 Å². The Morgan fingerprint density at radius 2 is 1.93 bits per heavy atom. The Labute approximate surface area is 182 Å². The molecule has 2 aliphatic heterocycles. The molecule has 0 radical (unpaired) electrons. The van der Waals surface area contributed by atoms with Gasteiger partial charge in [0.2, 0.25) is 0 Å². The van der Waals surface area contributed by atoms with Crippen LogP contribution in [0.2, 0.25) is 0 Å². The first-order chi connectivity index (χ1) is 14.3. The van der Waals surface area contributed by atoms with E-state index in [2.05, 4.69) is 33.0 Å². The standard InChI is InChI=1S/C27H41NO2/c1-15-11-24-25(28-14-15)17(3)27(30-24)10-8-20-21-6-5-18-12-19(29)7-9-26(18,4)23(21)13-22(20)16(27)2/h15,17-18,20-21,23-25,28H,5-14H2,1-4H3/t15-,17+,18+,20-,21-,23-,24+,25?,26-,27-/m0/s1. The third kappa shape index (κ3) is 2.54. The van der Waals surface area contributed by atoms with Gasteiger partial charge in [0.15, 0.2) is 0 Å². The summed E-state index contributed by atoms with van der Waals surface area (Å²) in [5.41, 5.74) is 3.78. The van der Waals surface area contributed by atoms with Gasteiger partial charge in [0.1, 0.15) is 5.78 Å². The summed E-state index contributed by atoms with van der Waals surface area (Å²) in [4.78, 5) is 12.2. The van der Waals surface area contributed by atoms with Crippen LogP contribution in [0.5, 0.6) is 0 Å². The summed E-state index contributed by atoms with van der Waals surface area (Å²) in [5, 5.41) is 3.85. The largest absolute Gasteiger partial charge is 0.365 e. The van der Waals surface area contributed by atoms with E-state index < -0.39 is 0 Å². The molecule has 10 atom stereocenters.